The molecule has 0 unspecified atom stereocenters. The van der Waals surface area contributed by atoms with Crippen molar-refractivity contribution < 1.29 is 18.0 Å². The number of hydrogen-bond acceptors (Lipinski definition) is 3. The molecule has 0 radical (unpaired) electrons. The van der Waals surface area contributed by atoms with E-state index >= 15 is 0 Å². The Balaban J connectivity index is 1.62. The molecular formula is C19H15F3N2OS. The van der Waals surface area contributed by atoms with E-state index in [0.29, 0.717) is 13.0 Å². The van der Waals surface area contributed by atoms with Gasteiger partial charge in [-0.15, -0.1) is 11.3 Å². The number of nitrogens with one attached hydrogen (secondary N) is 1. The lowest BCUT2D eigenvalue weighted by atomic mass is 10.2. The van der Waals surface area contributed by atoms with Gasteiger partial charge in [0.1, 0.15) is 10.8 Å². The molecule has 0 aliphatic carbocycles. The highest BCUT2D eigenvalue weighted by Gasteiger charge is 2.12. The minimum atomic E-state index is -1.06. The molecular weight excluding hydrogens is 361 g/mol. The zero-order valence-electron chi connectivity index (χ0n) is 13.9. The molecule has 1 heterocycles. The van der Waals surface area contributed by atoms with Crippen molar-refractivity contribution in [1.82, 2.24) is 10.3 Å². The molecule has 1 aromatic heterocycles. The van der Waals surface area contributed by atoms with Crippen LogP contribution in [-0.4, -0.2) is 17.4 Å². The first-order valence-corrected chi connectivity index (χ1v) is 8.71. The molecule has 0 aliphatic rings. The quantitative estimate of drug-likeness (QED) is 0.712. The maximum atomic E-state index is 13.2. The van der Waals surface area contributed by atoms with Crippen LogP contribution in [0.4, 0.5) is 13.2 Å². The third-order valence-electron chi connectivity index (χ3n) is 3.80. The van der Waals surface area contributed by atoms with Crippen molar-refractivity contribution in [2.24, 2.45) is 0 Å². The van der Waals surface area contributed by atoms with Crippen LogP contribution in [0.2, 0.25) is 0 Å². The van der Waals surface area contributed by atoms with Gasteiger partial charge in [-0.2, -0.15) is 0 Å². The Morgan fingerprint density at radius 1 is 1.08 bits per heavy atom. The fourth-order valence-electron chi connectivity index (χ4n) is 2.40. The molecule has 3 aromatic rings. The third kappa shape index (κ3) is 4.11. The summed E-state index contributed by atoms with van der Waals surface area (Å²) in [5.41, 5.74) is 1.74. The Labute approximate surface area is 152 Å². The summed E-state index contributed by atoms with van der Waals surface area (Å²) in [6.45, 7) is 2.21. The van der Waals surface area contributed by atoms with Crippen LogP contribution in [-0.2, 0) is 6.42 Å². The largest absolute Gasteiger partial charge is 0.352 e. The zero-order chi connectivity index (χ0) is 18.7. The fourth-order valence-corrected chi connectivity index (χ4v) is 3.47. The predicted octanol–water partition coefficient (Wildman–Crippen LogP) is 4.51. The van der Waals surface area contributed by atoms with Crippen molar-refractivity contribution in [1.29, 1.82) is 0 Å². The molecule has 0 saturated carbocycles. The summed E-state index contributed by atoms with van der Waals surface area (Å²) in [4.78, 5) is 17.5. The van der Waals surface area contributed by atoms with E-state index in [1.54, 1.807) is 12.1 Å². The van der Waals surface area contributed by atoms with Gasteiger partial charge in [-0.1, -0.05) is 0 Å². The van der Waals surface area contributed by atoms with Gasteiger partial charge in [-0.05, 0) is 49.4 Å². The second kappa shape index (κ2) is 7.70. The Bertz CT molecular complexity index is 938. The zero-order valence-corrected chi connectivity index (χ0v) is 14.7. The van der Waals surface area contributed by atoms with Gasteiger partial charge in [0.15, 0.2) is 11.6 Å². The Morgan fingerprint density at radius 2 is 1.81 bits per heavy atom. The maximum absolute atomic E-state index is 13.2. The Kier molecular flexibility index (Phi) is 5.37. The SMILES string of the molecule is Cc1nc(-c2ccc(F)cc2)sc1CCNC(=O)c1ccc(F)c(F)c1. The van der Waals surface area contributed by atoms with Crippen LogP contribution in [0.3, 0.4) is 0 Å². The second-order valence-electron chi connectivity index (χ2n) is 5.67. The van der Waals surface area contributed by atoms with E-state index in [-0.39, 0.29) is 11.4 Å². The standard InChI is InChI=1S/C19H15F3N2OS/c1-11-17(26-19(24-11)12-2-5-14(20)6-3-12)8-9-23-18(25)13-4-7-15(21)16(22)10-13/h2-7,10H,8-9H2,1H3,(H,23,25). The Morgan fingerprint density at radius 3 is 2.50 bits per heavy atom. The first-order valence-electron chi connectivity index (χ1n) is 7.89. The van der Waals surface area contributed by atoms with E-state index < -0.39 is 17.5 Å². The number of carbonyl (C=O) groups excluding carboxylic acids is 1. The van der Waals surface area contributed by atoms with Crippen LogP contribution >= 0.6 is 11.3 Å². The van der Waals surface area contributed by atoms with Crippen LogP contribution in [0.25, 0.3) is 10.6 Å². The van der Waals surface area contributed by atoms with Crippen LogP contribution < -0.4 is 5.32 Å². The van der Waals surface area contributed by atoms with E-state index in [2.05, 4.69) is 10.3 Å². The number of carbonyl (C=O) groups is 1. The lowest BCUT2D eigenvalue weighted by molar-refractivity contribution is 0.0953. The second-order valence-corrected chi connectivity index (χ2v) is 6.75. The summed E-state index contributed by atoms with van der Waals surface area (Å²) < 4.78 is 39.1. The fraction of sp³-hybridized carbons (Fsp3) is 0.158. The number of rotatable bonds is 5. The lowest BCUT2D eigenvalue weighted by Gasteiger charge is -2.05. The summed E-state index contributed by atoms with van der Waals surface area (Å²) in [6, 6.07) is 9.13. The molecule has 2 aromatic carbocycles. The van der Waals surface area contributed by atoms with Gasteiger partial charge < -0.3 is 5.32 Å². The van der Waals surface area contributed by atoms with Gasteiger partial charge >= 0.3 is 0 Å². The number of thiazole rings is 1. The van der Waals surface area contributed by atoms with Crippen LogP contribution in [0, 0.1) is 24.4 Å². The highest BCUT2D eigenvalue weighted by molar-refractivity contribution is 7.15. The van der Waals surface area contributed by atoms with Crippen molar-refractivity contribution in [3.63, 3.8) is 0 Å². The molecule has 3 nitrogen and oxygen atoms in total. The number of benzene rings is 2. The lowest BCUT2D eigenvalue weighted by Crippen LogP contribution is -2.25. The normalized spacial score (nSPS) is 10.8. The van der Waals surface area contributed by atoms with Crippen LogP contribution in [0.1, 0.15) is 20.9 Å². The number of nitrogens with zero attached hydrogens (tertiary/aromatic N) is 1. The average Bonchev–Trinajstić information content (AvgIpc) is 2.98. The molecule has 3 rings (SSSR count). The molecule has 134 valence electrons. The van der Waals surface area contributed by atoms with Gasteiger partial charge in [0.25, 0.3) is 5.91 Å². The first kappa shape index (κ1) is 18.1. The highest BCUT2D eigenvalue weighted by Crippen LogP contribution is 2.28. The maximum Gasteiger partial charge on any atom is 0.251 e. The molecule has 1 amide bonds. The van der Waals surface area contributed by atoms with Crippen LogP contribution in [0.5, 0.6) is 0 Å². The summed E-state index contributed by atoms with van der Waals surface area (Å²) in [6.07, 6.45) is 0.556. The van der Waals surface area contributed by atoms with Gasteiger partial charge in [-0.25, -0.2) is 18.2 Å². The summed E-state index contributed by atoms with van der Waals surface area (Å²) in [5, 5.41) is 3.46. The van der Waals surface area contributed by atoms with E-state index in [9.17, 15) is 18.0 Å². The van der Waals surface area contributed by atoms with Gasteiger partial charge in [0, 0.05) is 29.0 Å². The average molecular weight is 376 g/mol. The predicted molar refractivity (Wildman–Crippen MR) is 94.6 cm³/mol. The van der Waals surface area contributed by atoms with Crippen molar-refractivity contribution >= 4 is 17.2 Å². The van der Waals surface area contributed by atoms with E-state index in [0.717, 1.165) is 33.3 Å². The Hall–Kier alpha value is -2.67. The number of aryl methyl sites for hydroxylation is 1. The van der Waals surface area contributed by atoms with Crippen molar-refractivity contribution in [2.45, 2.75) is 13.3 Å². The van der Waals surface area contributed by atoms with Crippen LogP contribution in [0.15, 0.2) is 42.5 Å². The first-order chi connectivity index (χ1) is 12.4. The molecule has 0 spiro atoms. The van der Waals surface area contributed by atoms with Gasteiger partial charge in [0.2, 0.25) is 0 Å². The van der Waals surface area contributed by atoms with Crippen molar-refractivity contribution in [3.05, 3.63) is 76.1 Å². The smallest absolute Gasteiger partial charge is 0.251 e. The summed E-state index contributed by atoms with van der Waals surface area (Å²) >= 11 is 1.48. The molecule has 1 N–H and O–H groups in total. The highest BCUT2D eigenvalue weighted by atomic mass is 32.1. The molecule has 0 atom stereocenters. The van der Waals surface area contributed by atoms with Gasteiger partial charge in [-0.3, -0.25) is 4.79 Å². The summed E-state index contributed by atoms with van der Waals surface area (Å²) in [5.74, 6) is -2.82. The third-order valence-corrected chi connectivity index (χ3v) is 5.07. The number of hydrogen-bond donors (Lipinski definition) is 1. The van der Waals surface area contributed by atoms with Crippen molar-refractivity contribution in [2.75, 3.05) is 6.54 Å². The molecule has 0 bridgehead atoms. The van der Waals surface area contributed by atoms with Crippen molar-refractivity contribution in [3.8, 4) is 10.6 Å². The van der Waals surface area contributed by atoms with E-state index in [1.165, 1.54) is 29.5 Å². The van der Waals surface area contributed by atoms with E-state index in [4.69, 9.17) is 0 Å². The topological polar surface area (TPSA) is 42.0 Å². The molecule has 0 fully saturated rings. The van der Waals surface area contributed by atoms with Gasteiger partial charge in [0.05, 0.1) is 5.69 Å². The molecule has 7 heteroatoms. The number of halogens is 3. The monoisotopic (exact) mass is 376 g/mol. The number of amides is 1. The van der Waals surface area contributed by atoms with E-state index in [1.807, 2.05) is 6.92 Å². The molecule has 26 heavy (non-hydrogen) atoms. The molecule has 0 aliphatic heterocycles. The number of aromatic nitrogens is 1. The molecule has 0 saturated heterocycles. The minimum absolute atomic E-state index is 0.0666. The minimum Gasteiger partial charge on any atom is -0.352 e. The summed E-state index contributed by atoms with van der Waals surface area (Å²) in [7, 11) is 0.